The molecule has 0 bridgehead atoms. The maximum Gasteiger partial charge on any atom is 0.243 e. The summed E-state index contributed by atoms with van der Waals surface area (Å²) in [7, 11) is 0. The molecule has 3 unspecified atom stereocenters. The first-order valence-corrected chi connectivity index (χ1v) is 12.4. The number of carbonyl (C=O) groups excluding carboxylic acids is 3. The zero-order valence-corrected chi connectivity index (χ0v) is 20.5. The van der Waals surface area contributed by atoms with Gasteiger partial charge in [0.15, 0.2) is 0 Å². The standard InChI is InChI=1S/C29H34N2O4/c1-20(2)15-26(31-28(33)24-13-6-7-14-25(24)29(31)34)27(32)30-17-22-11-8-12-23(16-22)19-35-18-21-9-4-3-5-10-21/h3-12,16,20,24-26H,13-15,17-19H2,1-2H3,(H,30,32). The SMILES string of the molecule is CC(C)CC(C(=O)NCc1cccc(COCc2ccccc2)c1)N1C(=O)C2CC=CCC2C1=O. The van der Waals surface area contributed by atoms with Gasteiger partial charge in [0.1, 0.15) is 6.04 Å². The van der Waals surface area contributed by atoms with Crippen molar-refractivity contribution in [1.82, 2.24) is 10.2 Å². The fourth-order valence-electron chi connectivity index (χ4n) is 4.91. The van der Waals surface area contributed by atoms with Crippen LogP contribution < -0.4 is 5.32 Å². The van der Waals surface area contributed by atoms with E-state index in [1.54, 1.807) is 0 Å². The molecular weight excluding hydrogens is 440 g/mol. The molecule has 6 nitrogen and oxygen atoms in total. The molecule has 184 valence electrons. The maximum absolute atomic E-state index is 13.3. The largest absolute Gasteiger partial charge is 0.372 e. The van der Waals surface area contributed by atoms with Crippen molar-refractivity contribution >= 4 is 17.7 Å². The number of likely N-dealkylation sites (tertiary alicyclic amines) is 1. The molecule has 1 aliphatic heterocycles. The van der Waals surface area contributed by atoms with Crippen molar-refractivity contribution in [3.05, 3.63) is 83.4 Å². The number of benzene rings is 2. The molecule has 6 heteroatoms. The molecule has 0 aromatic heterocycles. The Labute approximate surface area is 207 Å². The van der Waals surface area contributed by atoms with Crippen molar-refractivity contribution in [2.24, 2.45) is 17.8 Å². The summed E-state index contributed by atoms with van der Waals surface area (Å²) in [5, 5.41) is 2.97. The van der Waals surface area contributed by atoms with E-state index in [1.165, 1.54) is 4.90 Å². The Morgan fingerprint density at radius 2 is 1.51 bits per heavy atom. The van der Waals surface area contributed by atoms with Crippen LogP contribution in [0.2, 0.25) is 0 Å². The van der Waals surface area contributed by atoms with E-state index in [2.05, 4.69) is 5.32 Å². The van der Waals surface area contributed by atoms with Crippen LogP contribution >= 0.6 is 0 Å². The number of hydrogen-bond donors (Lipinski definition) is 1. The minimum absolute atomic E-state index is 0.164. The second-order valence-electron chi connectivity index (χ2n) is 9.86. The van der Waals surface area contributed by atoms with E-state index in [0.717, 1.165) is 16.7 Å². The molecule has 2 aliphatic rings. The quantitative estimate of drug-likeness (QED) is 0.409. The van der Waals surface area contributed by atoms with E-state index >= 15 is 0 Å². The highest BCUT2D eigenvalue weighted by Gasteiger charge is 2.51. The van der Waals surface area contributed by atoms with Crippen molar-refractivity contribution in [1.29, 1.82) is 0 Å². The highest BCUT2D eigenvalue weighted by Crippen LogP contribution is 2.37. The fourth-order valence-corrected chi connectivity index (χ4v) is 4.91. The Morgan fingerprint density at radius 3 is 2.17 bits per heavy atom. The number of hydrogen-bond acceptors (Lipinski definition) is 4. The van der Waals surface area contributed by atoms with Gasteiger partial charge >= 0.3 is 0 Å². The van der Waals surface area contributed by atoms with Gasteiger partial charge in [0.25, 0.3) is 0 Å². The molecule has 35 heavy (non-hydrogen) atoms. The molecule has 1 heterocycles. The Hall–Kier alpha value is -3.25. The molecule has 0 spiro atoms. The van der Waals surface area contributed by atoms with Crippen LogP contribution in [0.3, 0.4) is 0 Å². The number of nitrogens with one attached hydrogen (secondary N) is 1. The normalized spacial score (nSPS) is 20.3. The van der Waals surface area contributed by atoms with Crippen LogP contribution in [0.5, 0.6) is 0 Å². The molecule has 2 aromatic carbocycles. The summed E-state index contributed by atoms with van der Waals surface area (Å²) in [6.07, 6.45) is 5.51. The first-order chi connectivity index (χ1) is 16.9. The summed E-state index contributed by atoms with van der Waals surface area (Å²) < 4.78 is 5.83. The van der Waals surface area contributed by atoms with Gasteiger partial charge in [0.2, 0.25) is 17.7 Å². The Morgan fingerprint density at radius 1 is 0.914 bits per heavy atom. The fraction of sp³-hybridized carbons (Fsp3) is 0.414. The average molecular weight is 475 g/mol. The third-order valence-electron chi connectivity index (χ3n) is 6.69. The molecule has 1 N–H and O–H groups in total. The first kappa shape index (κ1) is 24.9. The molecule has 1 fully saturated rings. The van der Waals surface area contributed by atoms with Crippen LogP contribution in [0.15, 0.2) is 66.7 Å². The smallest absolute Gasteiger partial charge is 0.243 e. The third kappa shape index (κ3) is 6.06. The van der Waals surface area contributed by atoms with Gasteiger partial charge in [0, 0.05) is 6.54 Å². The minimum Gasteiger partial charge on any atom is -0.372 e. The maximum atomic E-state index is 13.3. The van der Waals surface area contributed by atoms with E-state index in [1.807, 2.05) is 80.6 Å². The van der Waals surface area contributed by atoms with Gasteiger partial charge in [-0.15, -0.1) is 0 Å². The van der Waals surface area contributed by atoms with Gasteiger partial charge in [0.05, 0.1) is 25.0 Å². The van der Waals surface area contributed by atoms with Crippen LogP contribution in [-0.2, 0) is 38.9 Å². The van der Waals surface area contributed by atoms with E-state index in [0.29, 0.717) is 39.0 Å². The number of amides is 3. The van der Waals surface area contributed by atoms with Crippen LogP contribution in [-0.4, -0.2) is 28.7 Å². The van der Waals surface area contributed by atoms with E-state index in [-0.39, 0.29) is 35.5 Å². The second-order valence-corrected chi connectivity index (χ2v) is 9.86. The summed E-state index contributed by atoms with van der Waals surface area (Å²) in [5.41, 5.74) is 3.08. The lowest BCUT2D eigenvalue weighted by Crippen LogP contribution is -2.50. The van der Waals surface area contributed by atoms with Gasteiger partial charge in [-0.1, -0.05) is 80.6 Å². The number of carbonyl (C=O) groups is 3. The van der Waals surface area contributed by atoms with Crippen molar-refractivity contribution in [3.8, 4) is 0 Å². The van der Waals surface area contributed by atoms with Gasteiger partial charge in [-0.25, -0.2) is 0 Å². The summed E-state index contributed by atoms with van der Waals surface area (Å²) in [6, 6.07) is 17.1. The lowest BCUT2D eigenvalue weighted by atomic mass is 9.85. The van der Waals surface area contributed by atoms with Crippen molar-refractivity contribution in [2.45, 2.75) is 58.9 Å². The molecule has 0 saturated carbocycles. The van der Waals surface area contributed by atoms with Crippen LogP contribution in [0.4, 0.5) is 0 Å². The Balaban J connectivity index is 1.37. The van der Waals surface area contributed by atoms with E-state index in [4.69, 9.17) is 4.74 Å². The van der Waals surface area contributed by atoms with Crippen LogP contribution in [0.1, 0.15) is 49.8 Å². The summed E-state index contributed by atoms with van der Waals surface area (Å²) in [5.74, 6) is -1.19. The molecular formula is C29H34N2O4. The summed E-state index contributed by atoms with van der Waals surface area (Å²) in [6.45, 7) is 5.33. The lowest BCUT2D eigenvalue weighted by Gasteiger charge is -2.27. The highest BCUT2D eigenvalue weighted by atomic mass is 16.5. The van der Waals surface area contributed by atoms with Crippen molar-refractivity contribution in [2.75, 3.05) is 0 Å². The van der Waals surface area contributed by atoms with Gasteiger partial charge in [-0.05, 0) is 41.9 Å². The lowest BCUT2D eigenvalue weighted by molar-refractivity contribution is -0.148. The molecule has 3 amide bonds. The minimum atomic E-state index is -0.780. The summed E-state index contributed by atoms with van der Waals surface area (Å²) in [4.78, 5) is 40.7. The second kappa shape index (κ2) is 11.5. The van der Waals surface area contributed by atoms with E-state index < -0.39 is 6.04 Å². The number of nitrogens with zero attached hydrogens (tertiary/aromatic N) is 1. The Kier molecular flexibility index (Phi) is 8.13. The number of ether oxygens (including phenoxy) is 1. The van der Waals surface area contributed by atoms with E-state index in [9.17, 15) is 14.4 Å². The Bertz CT molecular complexity index is 1050. The van der Waals surface area contributed by atoms with Crippen molar-refractivity contribution < 1.29 is 19.1 Å². The van der Waals surface area contributed by atoms with Gasteiger partial charge < -0.3 is 10.1 Å². The molecule has 4 rings (SSSR count). The van der Waals surface area contributed by atoms with Crippen molar-refractivity contribution in [3.63, 3.8) is 0 Å². The monoisotopic (exact) mass is 474 g/mol. The van der Waals surface area contributed by atoms with Crippen LogP contribution in [0, 0.1) is 17.8 Å². The number of imide groups is 1. The van der Waals surface area contributed by atoms with Gasteiger partial charge in [-0.3, -0.25) is 19.3 Å². The predicted molar refractivity (Wildman–Crippen MR) is 134 cm³/mol. The zero-order chi connectivity index (χ0) is 24.8. The zero-order valence-electron chi connectivity index (χ0n) is 20.5. The third-order valence-corrected chi connectivity index (χ3v) is 6.69. The molecule has 1 aliphatic carbocycles. The first-order valence-electron chi connectivity index (χ1n) is 12.4. The van der Waals surface area contributed by atoms with Gasteiger partial charge in [-0.2, -0.15) is 0 Å². The molecule has 3 atom stereocenters. The molecule has 0 radical (unpaired) electrons. The molecule has 2 aromatic rings. The number of fused-ring (bicyclic) bond motifs is 1. The molecule has 1 saturated heterocycles. The topological polar surface area (TPSA) is 75.7 Å². The highest BCUT2D eigenvalue weighted by molar-refractivity contribution is 6.08. The van der Waals surface area contributed by atoms with Crippen LogP contribution in [0.25, 0.3) is 0 Å². The number of rotatable bonds is 10. The summed E-state index contributed by atoms with van der Waals surface area (Å²) >= 11 is 0. The average Bonchev–Trinajstić information content (AvgIpc) is 3.12. The number of allylic oxidation sites excluding steroid dienone is 2. The predicted octanol–water partition coefficient (Wildman–Crippen LogP) is 4.39.